The van der Waals surface area contributed by atoms with Gasteiger partial charge in [0.05, 0.1) is 11.4 Å². The molecule has 0 amide bonds. The second-order valence-electron chi connectivity index (χ2n) is 23.9. The fourth-order valence-electron chi connectivity index (χ4n) is 13.9. The zero-order valence-corrected chi connectivity index (χ0v) is 50.1. The van der Waals surface area contributed by atoms with Gasteiger partial charge in [-0.15, -0.1) is 0 Å². The molecule has 0 atom stereocenters. The monoisotopic (exact) mass is 1170 g/mol. The van der Waals surface area contributed by atoms with Crippen LogP contribution < -0.4 is 19.6 Å². The van der Waals surface area contributed by atoms with Crippen LogP contribution in [0.1, 0.15) is 25.0 Å². The second-order valence-corrected chi connectivity index (χ2v) is 23.9. The molecule has 12 aromatic carbocycles. The quantitative estimate of drug-likeness (QED) is 0.0886. The van der Waals surface area contributed by atoms with Crippen LogP contribution in [0.5, 0.6) is 0 Å². The van der Waals surface area contributed by atoms with Crippen LogP contribution in [0.4, 0.5) is 68.8 Å². The second kappa shape index (κ2) is 21.7. The van der Waals surface area contributed by atoms with Gasteiger partial charge in [-0.05, 0) is 199 Å². The third-order valence-electron chi connectivity index (χ3n) is 18.3. The maximum atomic E-state index is 5.29. The average Bonchev–Trinajstić information content (AvgIpc) is 1.70. The van der Waals surface area contributed by atoms with Crippen LogP contribution in [-0.4, -0.2) is 19.9 Å². The summed E-state index contributed by atoms with van der Waals surface area (Å²) in [6.07, 6.45) is 7.56. The van der Waals surface area contributed by atoms with E-state index in [1.165, 1.54) is 22.1 Å². The molecule has 0 saturated heterocycles. The molecule has 0 N–H and O–H groups in total. The Labute approximate surface area is 527 Å². The molecule has 0 unspecified atom stereocenters. The highest BCUT2D eigenvalue weighted by atomic mass is 15.2. The number of aromatic nitrogens is 4. The molecule has 8 nitrogen and oxygen atoms in total. The molecule has 1 aliphatic rings. The summed E-state index contributed by atoms with van der Waals surface area (Å²) in [5.74, 6) is 3.20. The van der Waals surface area contributed by atoms with Crippen molar-refractivity contribution in [1.29, 1.82) is 0 Å². The highest BCUT2D eigenvalue weighted by Crippen LogP contribution is 2.58. The van der Waals surface area contributed by atoms with Gasteiger partial charge in [0.25, 0.3) is 0 Å². The maximum Gasteiger partial charge on any atom is 0.137 e. The van der Waals surface area contributed by atoms with Crippen LogP contribution in [0.15, 0.2) is 316 Å². The molecule has 4 aromatic heterocycles. The third kappa shape index (κ3) is 9.14. The lowest BCUT2D eigenvalue weighted by atomic mass is 9.81. The van der Waals surface area contributed by atoms with Crippen LogP contribution in [0.3, 0.4) is 0 Å². The SMILES string of the molecule is CC1(C)c2cc(N(c3ccc4ccccc4c3)c3ccccn3)ccc2-c2cc3c(N(c4ccc5ccccc5c4)c4ccccn4)c4cc(N(c5ccc6ccccc6c5)c5ccccn5)ccc4c(N(c4ccc5ccccc5c4)c4ccccn4)c3cc21. The van der Waals surface area contributed by atoms with E-state index in [2.05, 4.69) is 300 Å². The Balaban J connectivity index is 1.00. The predicted molar refractivity (Wildman–Crippen MR) is 379 cm³/mol. The van der Waals surface area contributed by atoms with Crippen molar-refractivity contribution in [2.75, 3.05) is 19.6 Å². The minimum absolute atomic E-state index is 0.481. The first kappa shape index (κ1) is 53.3. The summed E-state index contributed by atoms with van der Waals surface area (Å²) in [6.45, 7) is 4.77. The molecule has 0 saturated carbocycles. The van der Waals surface area contributed by atoms with Gasteiger partial charge in [-0.1, -0.05) is 172 Å². The molecule has 0 radical (unpaired) electrons. The summed E-state index contributed by atoms with van der Waals surface area (Å²) in [6, 6.07) is 105. The van der Waals surface area contributed by atoms with Gasteiger partial charge in [0, 0.05) is 85.9 Å². The summed E-state index contributed by atoms with van der Waals surface area (Å²) in [5.41, 5.74) is 12.2. The third-order valence-corrected chi connectivity index (χ3v) is 18.3. The van der Waals surface area contributed by atoms with Crippen molar-refractivity contribution in [2.24, 2.45) is 0 Å². The van der Waals surface area contributed by atoms with Gasteiger partial charge in [-0.3, -0.25) is 19.6 Å². The number of hydrogen-bond donors (Lipinski definition) is 0. The van der Waals surface area contributed by atoms with E-state index >= 15 is 0 Å². The predicted octanol–water partition coefficient (Wildman–Crippen LogP) is 22.4. The van der Waals surface area contributed by atoms with Crippen molar-refractivity contribution in [3.63, 3.8) is 0 Å². The Kier molecular flexibility index (Phi) is 12.7. The number of fused-ring (bicyclic) bond motifs is 9. The molecule has 17 rings (SSSR count). The average molecular weight is 1170 g/mol. The van der Waals surface area contributed by atoms with Crippen molar-refractivity contribution in [1.82, 2.24) is 19.9 Å². The Hall–Kier alpha value is -12.0. The molecule has 0 bridgehead atoms. The smallest absolute Gasteiger partial charge is 0.137 e. The molecule has 16 aromatic rings. The first-order valence-corrected chi connectivity index (χ1v) is 30.9. The molecular weight excluding hydrogens is 1110 g/mol. The summed E-state index contributed by atoms with van der Waals surface area (Å²) in [4.78, 5) is 30.0. The van der Waals surface area contributed by atoms with Crippen molar-refractivity contribution < 1.29 is 0 Å². The van der Waals surface area contributed by atoms with E-state index in [4.69, 9.17) is 19.9 Å². The van der Waals surface area contributed by atoms with Gasteiger partial charge in [0.15, 0.2) is 0 Å². The number of pyridine rings is 4. The van der Waals surface area contributed by atoms with Crippen molar-refractivity contribution in [2.45, 2.75) is 19.3 Å². The van der Waals surface area contributed by atoms with Gasteiger partial charge in [0.1, 0.15) is 23.3 Å². The Morgan fingerprint density at radius 1 is 0.231 bits per heavy atom. The summed E-state index contributed by atoms with van der Waals surface area (Å²) < 4.78 is 0. The van der Waals surface area contributed by atoms with Crippen molar-refractivity contribution in [3.8, 4) is 11.1 Å². The fraction of sp³-hybridized carbons (Fsp3) is 0.0361. The lowest BCUT2D eigenvalue weighted by molar-refractivity contribution is 0.661. The summed E-state index contributed by atoms with van der Waals surface area (Å²) in [7, 11) is 0. The minimum atomic E-state index is -0.481. The van der Waals surface area contributed by atoms with E-state index in [1.54, 1.807) is 0 Å². The first-order chi connectivity index (χ1) is 44.9. The number of hydrogen-bond acceptors (Lipinski definition) is 8. The lowest BCUT2D eigenvalue weighted by Crippen LogP contribution is -2.18. The van der Waals surface area contributed by atoms with Crippen LogP contribution in [0, 0.1) is 0 Å². The number of nitrogens with zero attached hydrogens (tertiary/aromatic N) is 8. The highest BCUT2D eigenvalue weighted by molar-refractivity contribution is 6.25. The van der Waals surface area contributed by atoms with Crippen LogP contribution >= 0.6 is 0 Å². The highest BCUT2D eigenvalue weighted by Gasteiger charge is 2.39. The van der Waals surface area contributed by atoms with Crippen LogP contribution in [-0.2, 0) is 5.41 Å². The van der Waals surface area contributed by atoms with E-state index in [0.717, 1.165) is 134 Å². The van der Waals surface area contributed by atoms with Crippen molar-refractivity contribution in [3.05, 3.63) is 327 Å². The van der Waals surface area contributed by atoms with Crippen molar-refractivity contribution >= 4 is 133 Å². The summed E-state index contributed by atoms with van der Waals surface area (Å²) >= 11 is 0. The Morgan fingerprint density at radius 2 is 0.538 bits per heavy atom. The minimum Gasteiger partial charge on any atom is -0.295 e. The van der Waals surface area contributed by atoms with E-state index in [1.807, 2.05) is 49.1 Å². The lowest BCUT2D eigenvalue weighted by Gasteiger charge is -2.33. The molecule has 0 fully saturated rings. The molecule has 91 heavy (non-hydrogen) atoms. The van der Waals surface area contributed by atoms with E-state index in [-0.39, 0.29) is 0 Å². The number of rotatable bonds is 12. The first-order valence-electron chi connectivity index (χ1n) is 30.9. The van der Waals surface area contributed by atoms with E-state index in [9.17, 15) is 0 Å². The summed E-state index contributed by atoms with van der Waals surface area (Å²) in [5, 5.41) is 13.3. The topological polar surface area (TPSA) is 64.5 Å². The van der Waals surface area contributed by atoms with Crippen LogP contribution in [0.2, 0.25) is 0 Å². The standard InChI is InChI=1S/C83H58N8/c1-83(2)75-52-68(89(78-28-12-16-44-85-78)64-36-32-56-20-4-8-24-60(56)48-64)39-41-69(75)71-53-73-74(54-76(71)83)81(90(79-29-13-17-45-86-79)65-37-33-57-21-5-9-25-61(57)49-65)70-42-40-67(88(77-27-11-15-43-84-77)63-35-31-55-19-3-7-23-59(55)47-63)51-72(70)82(73)91(80-30-14-18-46-87-80)66-38-34-58-22-6-10-26-62(58)50-66/h3-54H,1-2H3. The molecular formula is C83H58N8. The molecule has 430 valence electrons. The molecule has 8 heteroatoms. The maximum absolute atomic E-state index is 5.29. The fourth-order valence-corrected chi connectivity index (χ4v) is 13.9. The van der Waals surface area contributed by atoms with Gasteiger partial charge in [-0.25, -0.2) is 19.9 Å². The van der Waals surface area contributed by atoms with Gasteiger partial charge in [0.2, 0.25) is 0 Å². The molecule has 0 spiro atoms. The zero-order valence-electron chi connectivity index (χ0n) is 50.1. The van der Waals surface area contributed by atoms with Gasteiger partial charge < -0.3 is 0 Å². The molecule has 0 aliphatic heterocycles. The normalized spacial score (nSPS) is 12.4. The Bertz CT molecular complexity index is 5490. The van der Waals surface area contributed by atoms with Crippen LogP contribution in [0.25, 0.3) is 75.8 Å². The molecule has 4 heterocycles. The van der Waals surface area contributed by atoms with Gasteiger partial charge >= 0.3 is 0 Å². The zero-order chi connectivity index (χ0) is 60.6. The largest absolute Gasteiger partial charge is 0.295 e. The van der Waals surface area contributed by atoms with Gasteiger partial charge in [-0.2, -0.15) is 0 Å². The van der Waals surface area contributed by atoms with E-state index in [0.29, 0.717) is 0 Å². The Morgan fingerprint density at radius 3 is 0.956 bits per heavy atom. The van der Waals surface area contributed by atoms with E-state index < -0.39 is 5.41 Å². The number of benzene rings is 12. The number of anilines is 12. The molecule has 1 aliphatic carbocycles.